The van der Waals surface area contributed by atoms with Crippen LogP contribution < -0.4 is 15.6 Å². The minimum atomic E-state index is -2.23. The number of imide groups is 1. The number of carbonyl (C=O) groups excluding carboxylic acids is 2. The van der Waals surface area contributed by atoms with Crippen LogP contribution in [0.1, 0.15) is 51.7 Å². The molecule has 3 heterocycles. The van der Waals surface area contributed by atoms with E-state index < -0.39 is 47.7 Å². The zero-order chi connectivity index (χ0) is 33.4. The fraction of sp³-hybridized carbons (Fsp3) is 0.235. The number of ether oxygens (including phenoxy) is 1. The third-order valence-electron chi connectivity index (χ3n) is 8.19. The maximum absolute atomic E-state index is 14.6. The summed E-state index contributed by atoms with van der Waals surface area (Å²) in [5.74, 6) is -3.28. The Morgan fingerprint density at radius 2 is 1.79 bits per heavy atom. The monoisotopic (exact) mass is 663 g/mol. The summed E-state index contributed by atoms with van der Waals surface area (Å²) in [5, 5.41) is 3.20. The largest absolute Gasteiger partial charge is 0.494 e. The molecule has 0 saturated carbocycles. The maximum atomic E-state index is 14.6. The van der Waals surface area contributed by atoms with Crippen LogP contribution in [0.25, 0.3) is 5.69 Å². The number of pyridine rings is 1. The van der Waals surface area contributed by atoms with E-state index in [1.807, 2.05) is 13.1 Å². The molecule has 0 saturated heterocycles. The van der Waals surface area contributed by atoms with Gasteiger partial charge in [0.15, 0.2) is 17.8 Å². The summed E-state index contributed by atoms with van der Waals surface area (Å²) in [6.45, 7) is 1.85. The second-order valence-corrected chi connectivity index (χ2v) is 11.7. The van der Waals surface area contributed by atoms with Gasteiger partial charge in [0.05, 0.1) is 47.0 Å². The van der Waals surface area contributed by atoms with Crippen molar-refractivity contribution in [2.45, 2.75) is 38.4 Å². The number of hydrogen-bond acceptors (Lipinski definition) is 6. The van der Waals surface area contributed by atoms with Crippen molar-refractivity contribution < 1.29 is 27.5 Å². The zero-order valence-electron chi connectivity index (χ0n) is 25.3. The smallest absolute Gasteiger partial charge is 0.274 e. The van der Waals surface area contributed by atoms with Gasteiger partial charge in [-0.2, -0.15) is 0 Å². The topological polar surface area (TPSA) is 98.5 Å². The van der Waals surface area contributed by atoms with Gasteiger partial charge in [0.25, 0.3) is 17.4 Å². The highest BCUT2D eigenvalue weighted by Gasteiger charge is 2.35. The average molecular weight is 664 g/mol. The average Bonchev–Trinajstić information content (AvgIpc) is 3.59. The van der Waals surface area contributed by atoms with E-state index in [1.54, 1.807) is 53.4 Å². The molecule has 0 spiro atoms. The molecule has 2 aromatic carbocycles. The number of carbonyl (C=O) groups is 2. The van der Waals surface area contributed by atoms with Crippen LogP contribution >= 0.6 is 11.6 Å². The number of hydrogen-bond donors (Lipinski definition) is 1. The molecule has 13 heteroatoms. The van der Waals surface area contributed by atoms with E-state index in [4.69, 9.17) is 16.3 Å². The van der Waals surface area contributed by atoms with Crippen molar-refractivity contribution in [3.63, 3.8) is 0 Å². The SMILES string of the molecule is COc1cc(Nc2cc(Cl)cn(C(CCCN3C(=O)c4ccccc4C3=O)C3=CC(F)=C(F)C(F)C3)c2=O)ccc1-n1cnc(C)c1. The molecular weight excluding hydrogens is 635 g/mol. The quantitative estimate of drug-likeness (QED) is 0.181. The molecule has 0 fully saturated rings. The van der Waals surface area contributed by atoms with E-state index in [9.17, 15) is 27.6 Å². The molecule has 2 amide bonds. The number of alkyl halides is 1. The Labute approximate surface area is 272 Å². The molecule has 2 atom stereocenters. The molecular formula is C34H29ClF3N5O4. The number of benzene rings is 2. The first kappa shape index (κ1) is 31.9. The molecule has 2 unspecified atom stereocenters. The maximum Gasteiger partial charge on any atom is 0.274 e. The summed E-state index contributed by atoms with van der Waals surface area (Å²) in [7, 11) is 1.51. The summed E-state index contributed by atoms with van der Waals surface area (Å²) in [5.41, 5.74) is 2.22. The van der Waals surface area contributed by atoms with E-state index >= 15 is 0 Å². The predicted molar refractivity (Wildman–Crippen MR) is 171 cm³/mol. The minimum absolute atomic E-state index is 0.00906. The highest BCUT2D eigenvalue weighted by molar-refractivity contribution is 6.30. The summed E-state index contributed by atoms with van der Waals surface area (Å²) in [6, 6.07) is 12.1. The molecule has 1 aliphatic carbocycles. The summed E-state index contributed by atoms with van der Waals surface area (Å²) >= 11 is 6.48. The normalized spacial score (nSPS) is 16.8. The number of halogens is 4. The Balaban J connectivity index is 1.31. The van der Waals surface area contributed by atoms with Crippen LogP contribution in [0.4, 0.5) is 24.5 Å². The lowest BCUT2D eigenvalue weighted by atomic mass is 9.92. The van der Waals surface area contributed by atoms with E-state index in [-0.39, 0.29) is 35.7 Å². The lowest BCUT2D eigenvalue weighted by Gasteiger charge is -2.27. The second-order valence-electron chi connectivity index (χ2n) is 11.3. The number of aromatic nitrogens is 3. The zero-order valence-corrected chi connectivity index (χ0v) is 26.1. The minimum Gasteiger partial charge on any atom is -0.494 e. The van der Waals surface area contributed by atoms with Crippen molar-refractivity contribution in [2.24, 2.45) is 0 Å². The molecule has 0 radical (unpaired) electrons. The van der Waals surface area contributed by atoms with E-state index in [1.165, 1.54) is 23.9 Å². The van der Waals surface area contributed by atoms with Crippen molar-refractivity contribution in [1.29, 1.82) is 0 Å². The predicted octanol–water partition coefficient (Wildman–Crippen LogP) is 7.18. The third kappa shape index (κ3) is 6.20. The fourth-order valence-corrected chi connectivity index (χ4v) is 6.14. The van der Waals surface area contributed by atoms with Crippen LogP contribution in [-0.4, -0.2) is 50.7 Å². The van der Waals surface area contributed by atoms with Crippen LogP contribution in [0.5, 0.6) is 5.75 Å². The first-order valence-electron chi connectivity index (χ1n) is 14.8. The van der Waals surface area contributed by atoms with Crippen LogP contribution in [0.3, 0.4) is 0 Å². The lowest BCUT2D eigenvalue weighted by Crippen LogP contribution is -2.32. The molecule has 1 N–H and O–H groups in total. The second kappa shape index (κ2) is 13.0. The van der Waals surface area contributed by atoms with Crippen LogP contribution in [0, 0.1) is 6.92 Å². The Kier molecular flexibility index (Phi) is 8.78. The molecule has 2 aromatic heterocycles. The van der Waals surface area contributed by atoms with Crippen LogP contribution in [0.15, 0.2) is 95.3 Å². The van der Waals surface area contributed by atoms with Crippen LogP contribution in [0.2, 0.25) is 5.02 Å². The number of aryl methyl sites for hydroxylation is 1. The number of imidazole rings is 1. The lowest BCUT2D eigenvalue weighted by molar-refractivity contribution is 0.0650. The van der Waals surface area contributed by atoms with Gasteiger partial charge in [-0.3, -0.25) is 19.3 Å². The molecule has 1 aliphatic heterocycles. The number of allylic oxidation sites excluding steroid dienone is 4. The summed E-state index contributed by atoms with van der Waals surface area (Å²) in [6.07, 6.45) is 3.24. The van der Waals surface area contributed by atoms with Gasteiger partial charge in [-0.15, -0.1) is 0 Å². The summed E-state index contributed by atoms with van der Waals surface area (Å²) < 4.78 is 51.7. The Bertz CT molecular complexity index is 1990. The van der Waals surface area contributed by atoms with Crippen molar-refractivity contribution in [2.75, 3.05) is 19.0 Å². The molecule has 242 valence electrons. The number of nitrogens with zero attached hydrogens (tertiary/aromatic N) is 4. The van der Waals surface area contributed by atoms with Gasteiger partial charge in [0.1, 0.15) is 11.4 Å². The molecule has 9 nitrogen and oxygen atoms in total. The number of amides is 2. The van der Waals surface area contributed by atoms with Gasteiger partial charge in [-0.05, 0) is 61.7 Å². The highest BCUT2D eigenvalue weighted by Crippen LogP contribution is 2.37. The Morgan fingerprint density at radius 1 is 1.06 bits per heavy atom. The van der Waals surface area contributed by atoms with Gasteiger partial charge >= 0.3 is 0 Å². The molecule has 4 aromatic rings. The van der Waals surface area contributed by atoms with Crippen LogP contribution in [-0.2, 0) is 0 Å². The van der Waals surface area contributed by atoms with Crippen molar-refractivity contribution >= 4 is 34.8 Å². The molecule has 0 bridgehead atoms. The van der Waals surface area contributed by atoms with Crippen molar-refractivity contribution in [3.8, 4) is 11.4 Å². The molecule has 6 rings (SSSR count). The van der Waals surface area contributed by atoms with Gasteiger partial charge < -0.3 is 19.2 Å². The molecule has 47 heavy (non-hydrogen) atoms. The fourth-order valence-electron chi connectivity index (χ4n) is 5.92. The highest BCUT2D eigenvalue weighted by atomic mass is 35.5. The van der Waals surface area contributed by atoms with Gasteiger partial charge in [-0.25, -0.2) is 18.2 Å². The van der Waals surface area contributed by atoms with Gasteiger partial charge in [-0.1, -0.05) is 23.7 Å². The number of nitrogens with one attached hydrogen (secondary N) is 1. The van der Waals surface area contributed by atoms with E-state index in [2.05, 4.69) is 10.3 Å². The standard InChI is InChI=1S/C34H29ClF3N5O4/c1-19-16-41(18-39-19)29-10-9-22(15-30(29)47-2)40-27-14-21(35)17-43(34(27)46)28(20-12-25(36)31(38)26(37)13-20)8-5-11-42-32(44)23-6-3-4-7-24(23)33(42)45/h3-4,6-7,9-10,12,14-18,26,28,40H,5,8,11,13H2,1-2H3. The van der Waals surface area contributed by atoms with E-state index in [0.29, 0.717) is 28.3 Å². The van der Waals surface area contributed by atoms with Gasteiger partial charge in [0.2, 0.25) is 0 Å². The number of rotatable bonds is 10. The molecule has 2 aliphatic rings. The van der Waals surface area contributed by atoms with E-state index in [0.717, 1.165) is 16.7 Å². The first-order chi connectivity index (χ1) is 22.5. The number of methoxy groups -OCH3 is 1. The van der Waals surface area contributed by atoms with Crippen molar-refractivity contribution in [3.05, 3.63) is 123 Å². The third-order valence-corrected chi connectivity index (χ3v) is 8.40. The van der Waals surface area contributed by atoms with Crippen molar-refractivity contribution in [1.82, 2.24) is 19.0 Å². The number of fused-ring (bicyclic) bond motifs is 1. The summed E-state index contributed by atoms with van der Waals surface area (Å²) in [4.78, 5) is 45.1. The Morgan fingerprint density at radius 3 is 2.43 bits per heavy atom. The Hall–Kier alpha value is -5.10. The first-order valence-corrected chi connectivity index (χ1v) is 15.2. The number of anilines is 2. The van der Waals surface area contributed by atoms with Gasteiger partial charge in [0, 0.05) is 37.1 Å².